The van der Waals surface area contributed by atoms with Crippen molar-refractivity contribution >= 4 is 35.9 Å². The van der Waals surface area contributed by atoms with E-state index >= 15 is 0 Å². The van der Waals surface area contributed by atoms with Crippen LogP contribution >= 0.6 is 0 Å². The molecule has 0 aromatic rings. The van der Waals surface area contributed by atoms with Crippen molar-refractivity contribution in [1.82, 2.24) is 10.2 Å². The quantitative estimate of drug-likeness (QED) is 0.0264. The molecular weight excluding hydrogens is 1000 g/mol. The first-order valence-corrected chi connectivity index (χ1v) is 30.3. The molecule has 1 aliphatic rings. The maximum atomic E-state index is 13.1. The lowest BCUT2D eigenvalue weighted by atomic mass is 10.1. The van der Waals surface area contributed by atoms with E-state index < -0.39 is 36.0 Å². The minimum absolute atomic E-state index is 0.0177. The Balaban J connectivity index is 2.63. The molecule has 450 valence electrons. The van der Waals surface area contributed by atoms with Crippen LogP contribution in [0, 0.1) is 5.92 Å². The molecule has 79 heavy (non-hydrogen) atoms. The number of carbonyl (C=O) groups is 6. The number of rotatable bonds is 46. The molecule has 1 rings (SSSR count). The fraction of sp³-hybridized carbons (Fsp3) is 0.723. The summed E-state index contributed by atoms with van der Waals surface area (Å²) in [6.45, 7) is 22.5. The Labute approximate surface area is 478 Å². The van der Waals surface area contributed by atoms with Gasteiger partial charge in [0.15, 0.2) is 0 Å². The predicted molar refractivity (Wildman–Crippen MR) is 317 cm³/mol. The maximum Gasteiger partial charge on any atom is 0.407 e. The summed E-state index contributed by atoms with van der Waals surface area (Å²) in [5.74, 6) is -2.55. The number of allylic oxidation sites excluding steroid dienone is 10. The minimum atomic E-state index is -0.615. The van der Waals surface area contributed by atoms with Crippen LogP contribution in [0.1, 0.15) is 236 Å². The van der Waals surface area contributed by atoms with E-state index in [4.69, 9.17) is 28.4 Å². The fourth-order valence-electron chi connectivity index (χ4n) is 8.66. The van der Waals surface area contributed by atoms with E-state index in [0.29, 0.717) is 57.9 Å². The highest BCUT2D eigenvalue weighted by atomic mass is 16.6. The number of ether oxygens (including phenoxy) is 6. The molecule has 1 atom stereocenters. The van der Waals surface area contributed by atoms with Crippen LogP contribution in [0.15, 0.2) is 69.9 Å². The summed E-state index contributed by atoms with van der Waals surface area (Å²) in [4.78, 5) is 78.6. The summed E-state index contributed by atoms with van der Waals surface area (Å²) in [5, 5.41) is 2.86. The molecule has 0 aliphatic carbocycles. The van der Waals surface area contributed by atoms with Crippen molar-refractivity contribution in [3.8, 4) is 0 Å². The van der Waals surface area contributed by atoms with Crippen molar-refractivity contribution in [2.24, 2.45) is 5.92 Å². The first-order chi connectivity index (χ1) is 37.9. The molecule has 0 radical (unpaired) electrons. The van der Waals surface area contributed by atoms with Gasteiger partial charge in [-0.3, -0.25) is 24.0 Å². The predicted octanol–water partition coefficient (Wildman–Crippen LogP) is 15.0. The van der Waals surface area contributed by atoms with Crippen molar-refractivity contribution in [3.63, 3.8) is 0 Å². The molecule has 1 unspecified atom stereocenters. The van der Waals surface area contributed by atoms with Gasteiger partial charge in [-0.15, -0.1) is 0 Å². The van der Waals surface area contributed by atoms with Gasteiger partial charge in [0.05, 0.1) is 5.92 Å². The van der Waals surface area contributed by atoms with Crippen molar-refractivity contribution in [3.05, 3.63) is 69.9 Å². The number of hydrogen-bond acceptors (Lipinski definition) is 13. The van der Waals surface area contributed by atoms with Gasteiger partial charge in [0.25, 0.3) is 0 Å². The fourth-order valence-corrected chi connectivity index (χ4v) is 8.66. The third-order valence-electron chi connectivity index (χ3n) is 13.8. The lowest BCUT2D eigenvalue weighted by Crippen LogP contribution is -2.35. The number of carbonyl (C=O) groups excluding carboxylic acids is 6. The van der Waals surface area contributed by atoms with Gasteiger partial charge >= 0.3 is 35.9 Å². The standard InChI is InChI=1S/C65H108N2O12/c1-10-11-12-15-34-59(79-65(73)66-43-46-67-44-20-21-45-67)39-40-64(72)78-51-58(49-76-62(70)37-18-13-16-35-60(68)74-47-41-56(8)32-24-30-54(6)28-22-26-52(2)3)50-77-63(71)38-19-14-17-36-61(69)75-48-42-57(9)33-25-31-55(7)29-23-27-53(4)5/h26-27,30-31,41-42,58-59H,10-25,28-29,32-40,43-51H2,1-9H3,(H,66,73)/b54-30+,55-31+,56-41+,57-42+. The Morgan fingerprint density at radius 1 is 0.443 bits per heavy atom. The molecular formula is C65H108N2O12. The number of unbranched alkanes of at least 4 members (excludes halogenated alkanes) is 7. The number of nitrogens with one attached hydrogen (secondary N) is 1. The van der Waals surface area contributed by atoms with Gasteiger partial charge in [0.2, 0.25) is 0 Å². The Kier molecular flexibility index (Phi) is 43.6. The van der Waals surface area contributed by atoms with Gasteiger partial charge in [-0.25, -0.2) is 4.79 Å². The largest absolute Gasteiger partial charge is 0.465 e. The van der Waals surface area contributed by atoms with Crippen molar-refractivity contribution in [2.45, 2.75) is 242 Å². The summed E-state index contributed by atoms with van der Waals surface area (Å²) >= 11 is 0. The van der Waals surface area contributed by atoms with Crippen LogP contribution in [-0.4, -0.2) is 106 Å². The molecule has 1 saturated heterocycles. The summed E-state index contributed by atoms with van der Waals surface area (Å²) in [6.07, 6.45) is 31.6. The van der Waals surface area contributed by atoms with Crippen molar-refractivity contribution < 1.29 is 57.2 Å². The third-order valence-corrected chi connectivity index (χ3v) is 13.8. The first kappa shape index (κ1) is 72.0. The molecule has 0 saturated carbocycles. The summed E-state index contributed by atoms with van der Waals surface area (Å²) in [7, 11) is 0. The molecule has 1 N–H and O–H groups in total. The van der Waals surface area contributed by atoms with Crippen LogP contribution in [-0.2, 0) is 52.4 Å². The molecule has 0 bridgehead atoms. The lowest BCUT2D eigenvalue weighted by Gasteiger charge is -2.20. The average molecular weight is 1110 g/mol. The number of nitrogens with zero attached hydrogens (tertiary/aromatic N) is 1. The second-order valence-corrected chi connectivity index (χ2v) is 22.2. The molecule has 14 nitrogen and oxygen atoms in total. The summed E-state index contributed by atoms with van der Waals surface area (Å²) < 4.78 is 33.4. The molecule has 1 amide bonds. The van der Waals surface area contributed by atoms with Crippen LogP contribution in [0.4, 0.5) is 4.79 Å². The van der Waals surface area contributed by atoms with Crippen molar-refractivity contribution in [1.29, 1.82) is 0 Å². The van der Waals surface area contributed by atoms with Gasteiger partial charge < -0.3 is 38.6 Å². The second kappa shape index (κ2) is 47.8. The van der Waals surface area contributed by atoms with Crippen LogP contribution in [0.5, 0.6) is 0 Å². The number of esters is 5. The normalized spacial score (nSPS) is 13.6. The van der Waals surface area contributed by atoms with Crippen LogP contribution in [0.25, 0.3) is 0 Å². The Bertz CT molecular complexity index is 1820. The molecule has 0 spiro atoms. The zero-order chi connectivity index (χ0) is 58.3. The third kappa shape index (κ3) is 45.4. The summed E-state index contributed by atoms with van der Waals surface area (Å²) in [5.41, 5.74) is 7.81. The van der Waals surface area contributed by atoms with Gasteiger partial charge in [-0.2, -0.15) is 0 Å². The van der Waals surface area contributed by atoms with Gasteiger partial charge in [-0.1, -0.05) is 96.8 Å². The van der Waals surface area contributed by atoms with E-state index in [1.807, 2.05) is 12.2 Å². The molecule has 0 aromatic carbocycles. The van der Waals surface area contributed by atoms with E-state index in [9.17, 15) is 28.8 Å². The van der Waals surface area contributed by atoms with Gasteiger partial charge in [0.1, 0.15) is 39.1 Å². The van der Waals surface area contributed by atoms with Crippen LogP contribution in [0.3, 0.4) is 0 Å². The molecule has 1 fully saturated rings. The average Bonchev–Trinajstić information content (AvgIpc) is 3.92. The Morgan fingerprint density at radius 3 is 1.27 bits per heavy atom. The van der Waals surface area contributed by atoms with Crippen LogP contribution in [0.2, 0.25) is 0 Å². The molecule has 14 heteroatoms. The van der Waals surface area contributed by atoms with E-state index in [2.05, 4.69) is 96.8 Å². The van der Waals surface area contributed by atoms with E-state index in [0.717, 1.165) is 96.7 Å². The highest BCUT2D eigenvalue weighted by molar-refractivity contribution is 5.71. The first-order valence-electron chi connectivity index (χ1n) is 30.3. The van der Waals surface area contributed by atoms with E-state index in [1.54, 1.807) is 0 Å². The zero-order valence-corrected chi connectivity index (χ0v) is 50.9. The highest BCUT2D eigenvalue weighted by Gasteiger charge is 2.21. The van der Waals surface area contributed by atoms with Gasteiger partial charge in [-0.05, 0) is 190 Å². The molecule has 0 aromatic heterocycles. The van der Waals surface area contributed by atoms with E-state index in [1.165, 1.54) is 46.3 Å². The minimum Gasteiger partial charge on any atom is -0.465 e. The number of likely N-dealkylation sites (tertiary alicyclic amines) is 1. The Hall–Kier alpha value is -4.98. The maximum absolute atomic E-state index is 13.1. The molecule has 1 heterocycles. The molecule has 1 aliphatic heterocycles. The zero-order valence-electron chi connectivity index (χ0n) is 50.9. The summed E-state index contributed by atoms with van der Waals surface area (Å²) in [6, 6.07) is 0. The Morgan fingerprint density at radius 2 is 0.835 bits per heavy atom. The second-order valence-electron chi connectivity index (χ2n) is 22.2. The highest BCUT2D eigenvalue weighted by Crippen LogP contribution is 2.17. The number of hydrogen-bond donors (Lipinski definition) is 1. The van der Waals surface area contributed by atoms with Crippen LogP contribution < -0.4 is 5.32 Å². The SMILES string of the molecule is CCCCCCC(CCC(=O)OCC(COC(=O)CCCCCC(=O)OC/C=C(\C)CC/C=C(\C)CCC=C(C)C)COC(=O)CCCCCC(=O)OC/C=C(\C)CC/C=C(\C)CCC=C(C)C)OC(=O)NCCN1CCCC1. The smallest absolute Gasteiger partial charge is 0.407 e. The monoisotopic (exact) mass is 1110 g/mol. The number of alkyl carbamates (subject to hydrolysis) is 1. The lowest BCUT2D eigenvalue weighted by molar-refractivity contribution is -0.154. The number of amides is 1. The van der Waals surface area contributed by atoms with Gasteiger partial charge in [0, 0.05) is 45.2 Å². The van der Waals surface area contributed by atoms with Crippen molar-refractivity contribution in [2.75, 3.05) is 59.2 Å². The topological polar surface area (TPSA) is 173 Å². The van der Waals surface area contributed by atoms with E-state index in [-0.39, 0.29) is 77.1 Å².